The molecule has 0 atom stereocenters. The second-order valence-corrected chi connectivity index (χ2v) is 2.24. The minimum absolute atomic E-state index is 0. The number of hydrogen-bond acceptors (Lipinski definition) is 1. The Morgan fingerprint density at radius 1 is 1.45 bits per heavy atom. The summed E-state index contributed by atoms with van der Waals surface area (Å²) in [5.41, 5.74) is 0.873. The van der Waals surface area contributed by atoms with Crippen molar-refractivity contribution in [1.29, 1.82) is 0 Å². The van der Waals surface area contributed by atoms with E-state index < -0.39 is 11.4 Å². The molecule has 0 aromatic carbocycles. The first-order chi connectivity index (χ1) is 4.54. The predicted octanol–water partition coefficient (Wildman–Crippen LogP) is -1.18. The SMILES string of the molecule is C=C(CCl)CCl.O=S(O)O.[H-].[Na+]. The van der Waals surface area contributed by atoms with Crippen LogP contribution >= 0.6 is 23.2 Å². The predicted molar refractivity (Wildman–Crippen MR) is 45.1 cm³/mol. The van der Waals surface area contributed by atoms with Gasteiger partial charge in [-0.25, -0.2) is 0 Å². The second kappa shape index (κ2) is 13.9. The molecular formula is C4H9Cl2NaO3S. The van der Waals surface area contributed by atoms with Crippen molar-refractivity contribution in [1.82, 2.24) is 0 Å². The molecule has 0 spiro atoms. The molecule has 0 unspecified atom stereocenters. The van der Waals surface area contributed by atoms with Crippen LogP contribution in [0.15, 0.2) is 12.2 Å². The molecule has 0 amide bonds. The third kappa shape index (κ3) is 34.6. The molecule has 0 saturated heterocycles. The van der Waals surface area contributed by atoms with Crippen molar-refractivity contribution < 1.29 is 44.3 Å². The van der Waals surface area contributed by atoms with E-state index in [0.29, 0.717) is 11.8 Å². The standard InChI is InChI=1S/C4H6Cl2.Na.H2O3S.H/c1-4(2-5)3-6;;1-4(2)3;/h1-3H2;;(H2,1,2,3);/q;+1;;-1. The van der Waals surface area contributed by atoms with Crippen LogP contribution in [0.3, 0.4) is 0 Å². The van der Waals surface area contributed by atoms with Crippen molar-refractivity contribution in [2.45, 2.75) is 0 Å². The maximum absolute atomic E-state index is 8.67. The summed E-state index contributed by atoms with van der Waals surface area (Å²) in [6.07, 6.45) is 0. The molecule has 0 heterocycles. The van der Waals surface area contributed by atoms with Crippen LogP contribution in [0.25, 0.3) is 0 Å². The first-order valence-corrected chi connectivity index (χ1v) is 4.26. The second-order valence-electron chi connectivity index (χ2n) is 1.25. The Hall–Kier alpha value is 1.39. The van der Waals surface area contributed by atoms with Crippen molar-refractivity contribution in [3.8, 4) is 0 Å². The van der Waals surface area contributed by atoms with Crippen LogP contribution in [0.2, 0.25) is 0 Å². The molecule has 0 aliphatic carbocycles. The van der Waals surface area contributed by atoms with Crippen LogP contribution < -0.4 is 29.6 Å². The van der Waals surface area contributed by atoms with Crippen molar-refractivity contribution in [3.63, 3.8) is 0 Å². The van der Waals surface area contributed by atoms with E-state index in [1.165, 1.54) is 0 Å². The van der Waals surface area contributed by atoms with Gasteiger partial charge in [0.15, 0.2) is 0 Å². The number of allylic oxidation sites excluding steroid dienone is 1. The molecule has 0 aliphatic heterocycles. The van der Waals surface area contributed by atoms with Gasteiger partial charge in [-0.3, -0.25) is 9.11 Å². The summed E-state index contributed by atoms with van der Waals surface area (Å²) in [5, 5.41) is 0. The van der Waals surface area contributed by atoms with Gasteiger partial charge >= 0.3 is 29.6 Å². The van der Waals surface area contributed by atoms with Gasteiger partial charge in [-0.15, -0.1) is 23.2 Å². The summed E-state index contributed by atoms with van der Waals surface area (Å²) in [4.78, 5) is 0. The number of hydrogen-bond donors (Lipinski definition) is 2. The summed E-state index contributed by atoms with van der Waals surface area (Å²) in [6, 6.07) is 0. The molecule has 7 heteroatoms. The average Bonchev–Trinajstić information content (AvgIpc) is 1.85. The maximum atomic E-state index is 8.67. The van der Waals surface area contributed by atoms with Gasteiger partial charge in [0, 0.05) is 11.8 Å². The fourth-order valence-electron chi connectivity index (χ4n) is 0.0357. The largest absolute Gasteiger partial charge is 1.00 e. The van der Waals surface area contributed by atoms with Crippen LogP contribution in [0.5, 0.6) is 0 Å². The Labute approximate surface area is 102 Å². The minimum atomic E-state index is -2.61. The minimum Gasteiger partial charge on any atom is -1.00 e. The summed E-state index contributed by atoms with van der Waals surface area (Å²) in [5.74, 6) is 0.951. The topological polar surface area (TPSA) is 57.5 Å². The van der Waals surface area contributed by atoms with E-state index in [1.54, 1.807) is 0 Å². The van der Waals surface area contributed by atoms with E-state index >= 15 is 0 Å². The molecule has 0 radical (unpaired) electrons. The summed E-state index contributed by atoms with van der Waals surface area (Å²) < 4.78 is 22.8. The fraction of sp³-hybridized carbons (Fsp3) is 0.500. The van der Waals surface area contributed by atoms with Crippen molar-refractivity contribution >= 4 is 34.6 Å². The van der Waals surface area contributed by atoms with Crippen molar-refractivity contribution in [3.05, 3.63) is 12.2 Å². The molecule has 0 bridgehead atoms. The molecule has 64 valence electrons. The van der Waals surface area contributed by atoms with Gasteiger partial charge in [0.1, 0.15) is 0 Å². The zero-order valence-corrected chi connectivity index (χ0v) is 10.4. The Morgan fingerprint density at radius 3 is 1.64 bits per heavy atom. The molecule has 3 nitrogen and oxygen atoms in total. The number of rotatable bonds is 2. The van der Waals surface area contributed by atoms with Crippen LogP contribution in [0.1, 0.15) is 1.43 Å². The van der Waals surface area contributed by atoms with Gasteiger partial charge in [0.25, 0.3) is 11.4 Å². The third-order valence-electron chi connectivity index (χ3n) is 0.378. The van der Waals surface area contributed by atoms with Gasteiger partial charge in [-0.2, -0.15) is 4.21 Å². The molecule has 0 aromatic heterocycles. The van der Waals surface area contributed by atoms with E-state index in [-0.39, 0.29) is 31.0 Å². The van der Waals surface area contributed by atoms with Crippen LogP contribution in [-0.4, -0.2) is 25.1 Å². The normalized spacial score (nSPS) is 7.73. The molecule has 0 rings (SSSR count). The van der Waals surface area contributed by atoms with Gasteiger partial charge in [-0.05, 0) is 5.57 Å². The van der Waals surface area contributed by atoms with Crippen LogP contribution in [-0.2, 0) is 11.4 Å². The third-order valence-corrected chi connectivity index (χ3v) is 1.13. The molecule has 0 saturated carbocycles. The smallest absolute Gasteiger partial charge is 1.00 e. The Balaban J connectivity index is -0.0000000483. The van der Waals surface area contributed by atoms with Crippen molar-refractivity contribution in [2.75, 3.05) is 11.8 Å². The summed E-state index contributed by atoms with van der Waals surface area (Å²) in [6.45, 7) is 3.53. The zero-order chi connectivity index (χ0) is 8.57. The summed E-state index contributed by atoms with van der Waals surface area (Å²) in [7, 11) is 0. The first-order valence-electron chi connectivity index (χ1n) is 2.13. The van der Waals surface area contributed by atoms with E-state index in [4.69, 9.17) is 36.5 Å². The maximum Gasteiger partial charge on any atom is 1.00 e. The van der Waals surface area contributed by atoms with Crippen molar-refractivity contribution in [2.24, 2.45) is 0 Å². The monoisotopic (exact) mass is 230 g/mol. The van der Waals surface area contributed by atoms with Gasteiger partial charge in [0.05, 0.1) is 0 Å². The molecule has 0 aromatic rings. The Bertz CT molecular complexity index is 117. The van der Waals surface area contributed by atoms with Gasteiger partial charge < -0.3 is 1.43 Å². The number of halogens is 2. The van der Waals surface area contributed by atoms with Gasteiger partial charge in [0.2, 0.25) is 0 Å². The molecule has 2 N–H and O–H groups in total. The van der Waals surface area contributed by atoms with E-state index in [9.17, 15) is 0 Å². The fourth-order valence-corrected chi connectivity index (χ4v) is 0.321. The Morgan fingerprint density at radius 2 is 1.64 bits per heavy atom. The molecular weight excluding hydrogens is 222 g/mol. The van der Waals surface area contributed by atoms with E-state index in [0.717, 1.165) is 5.57 Å². The number of alkyl halides is 2. The molecule has 0 aliphatic rings. The van der Waals surface area contributed by atoms with Gasteiger partial charge in [-0.1, -0.05) is 6.58 Å². The average molecular weight is 231 g/mol. The van der Waals surface area contributed by atoms with Crippen LogP contribution in [0, 0.1) is 0 Å². The first kappa shape index (κ1) is 18.2. The van der Waals surface area contributed by atoms with E-state index in [2.05, 4.69) is 6.58 Å². The summed E-state index contributed by atoms with van der Waals surface area (Å²) >= 11 is 7.93. The van der Waals surface area contributed by atoms with Crippen LogP contribution in [0.4, 0.5) is 0 Å². The Kier molecular flexibility index (Phi) is 23.1. The quantitative estimate of drug-likeness (QED) is 0.272. The molecule has 0 fully saturated rings. The zero-order valence-electron chi connectivity index (χ0n) is 7.09. The molecule has 11 heavy (non-hydrogen) atoms. The van der Waals surface area contributed by atoms with E-state index in [1.807, 2.05) is 0 Å².